The monoisotopic (exact) mass is 442 g/mol. The van der Waals surface area contributed by atoms with Crippen LogP contribution < -0.4 is 10.2 Å². The van der Waals surface area contributed by atoms with Gasteiger partial charge in [0.2, 0.25) is 11.8 Å². The van der Waals surface area contributed by atoms with Crippen LogP contribution in [0.5, 0.6) is 0 Å². The van der Waals surface area contributed by atoms with E-state index in [0.717, 1.165) is 11.3 Å². The molecular formula is C23H27FN4O4. The summed E-state index contributed by atoms with van der Waals surface area (Å²) in [5.41, 5.74) is 3.95. The number of H-pyrrole nitrogens is 1. The lowest BCUT2D eigenvalue weighted by molar-refractivity contribution is -0.129. The van der Waals surface area contributed by atoms with Crippen molar-refractivity contribution in [2.45, 2.75) is 39.3 Å². The number of hydrogen-bond donors (Lipinski definition) is 2. The van der Waals surface area contributed by atoms with Gasteiger partial charge in [0, 0.05) is 37.3 Å². The molecule has 2 N–H and O–H groups in total. The predicted octanol–water partition coefficient (Wildman–Crippen LogP) is 1.84. The zero-order chi connectivity index (χ0) is 23.0. The number of likely N-dealkylation sites (tertiary alicyclic amines) is 1. The minimum atomic E-state index is -0.557. The summed E-state index contributed by atoms with van der Waals surface area (Å²) in [7, 11) is 1.58. The predicted molar refractivity (Wildman–Crippen MR) is 116 cm³/mol. The van der Waals surface area contributed by atoms with E-state index in [1.807, 2.05) is 6.92 Å². The smallest absolute Gasteiger partial charge is 0.254 e. The summed E-state index contributed by atoms with van der Waals surface area (Å²) < 4.78 is 18.5. The van der Waals surface area contributed by atoms with E-state index in [-0.39, 0.29) is 36.5 Å². The molecule has 3 heterocycles. The second kappa shape index (κ2) is 8.74. The Bertz CT molecular complexity index is 1080. The van der Waals surface area contributed by atoms with Crippen LogP contribution in [0, 0.1) is 19.7 Å². The quantitative estimate of drug-likeness (QED) is 0.684. The van der Waals surface area contributed by atoms with Crippen molar-refractivity contribution < 1.29 is 23.5 Å². The van der Waals surface area contributed by atoms with Gasteiger partial charge in [0.05, 0.1) is 25.1 Å². The van der Waals surface area contributed by atoms with Crippen molar-refractivity contribution in [1.82, 2.24) is 15.2 Å². The molecule has 1 atom stereocenters. The highest BCUT2D eigenvalue weighted by Crippen LogP contribution is 2.32. The normalized spacial score (nSPS) is 17.9. The Kier molecular flexibility index (Phi) is 6.01. The summed E-state index contributed by atoms with van der Waals surface area (Å²) in [5.74, 6) is -0.903. The first kappa shape index (κ1) is 22.0. The molecule has 2 aliphatic rings. The molecule has 32 heavy (non-hydrogen) atoms. The van der Waals surface area contributed by atoms with Crippen LogP contribution in [-0.4, -0.2) is 60.5 Å². The minimum absolute atomic E-state index is 0.104. The molecule has 9 heteroatoms. The lowest BCUT2D eigenvalue weighted by Gasteiger charge is -2.18. The number of ether oxygens (including phenoxy) is 1. The SMILES string of the molecule is COCCN1CC[C@H](NC(=O)c2c(C)[nH]c(CN3C(=O)Cc4cc(F)ccc43)c2C)C1=O. The van der Waals surface area contributed by atoms with Gasteiger partial charge in [-0.1, -0.05) is 0 Å². The van der Waals surface area contributed by atoms with Gasteiger partial charge in [-0.3, -0.25) is 14.4 Å². The second-order valence-electron chi connectivity index (χ2n) is 8.29. The number of carbonyl (C=O) groups is 3. The summed E-state index contributed by atoms with van der Waals surface area (Å²) >= 11 is 0. The number of carbonyl (C=O) groups excluding carboxylic acids is 3. The fourth-order valence-electron chi connectivity index (χ4n) is 4.52. The summed E-state index contributed by atoms with van der Waals surface area (Å²) in [6, 6.07) is 3.77. The highest BCUT2D eigenvalue weighted by molar-refractivity contribution is 6.02. The van der Waals surface area contributed by atoms with Gasteiger partial charge < -0.3 is 24.8 Å². The molecular weight excluding hydrogens is 415 g/mol. The maximum Gasteiger partial charge on any atom is 0.254 e. The number of nitrogens with one attached hydrogen (secondary N) is 2. The first-order valence-corrected chi connectivity index (χ1v) is 10.7. The van der Waals surface area contributed by atoms with Crippen LogP contribution in [0.2, 0.25) is 0 Å². The maximum absolute atomic E-state index is 13.5. The van der Waals surface area contributed by atoms with Gasteiger partial charge in [-0.05, 0) is 49.6 Å². The molecule has 8 nitrogen and oxygen atoms in total. The number of halogens is 1. The summed E-state index contributed by atoms with van der Waals surface area (Å²) in [4.78, 5) is 44.6. The standard InChI is InChI=1S/C23H27FN4O4/c1-13-18(12-28-19-5-4-16(24)10-15(19)11-20(28)29)25-14(2)21(13)22(30)26-17-6-7-27(23(17)31)8-9-32-3/h4-5,10,17,25H,6-9,11-12H2,1-3H3,(H,26,30)/t17-/m0/s1. The summed E-state index contributed by atoms with van der Waals surface area (Å²) in [6.45, 7) is 5.41. The largest absolute Gasteiger partial charge is 0.383 e. The van der Waals surface area contributed by atoms with E-state index in [9.17, 15) is 18.8 Å². The third-order valence-corrected chi connectivity index (χ3v) is 6.23. The lowest BCUT2D eigenvalue weighted by Crippen LogP contribution is -2.42. The van der Waals surface area contributed by atoms with Crippen molar-refractivity contribution >= 4 is 23.4 Å². The lowest BCUT2D eigenvalue weighted by atomic mass is 10.1. The number of benzene rings is 1. The van der Waals surface area contributed by atoms with Crippen molar-refractivity contribution in [2.24, 2.45) is 0 Å². The molecule has 0 aliphatic carbocycles. The molecule has 0 radical (unpaired) electrons. The van der Waals surface area contributed by atoms with E-state index in [4.69, 9.17) is 4.74 Å². The molecule has 0 spiro atoms. The molecule has 2 aromatic rings. The number of hydrogen-bond acceptors (Lipinski definition) is 4. The minimum Gasteiger partial charge on any atom is -0.383 e. The molecule has 170 valence electrons. The average Bonchev–Trinajstić information content (AvgIpc) is 3.34. The van der Waals surface area contributed by atoms with Gasteiger partial charge in [-0.2, -0.15) is 0 Å². The van der Waals surface area contributed by atoms with Crippen LogP contribution >= 0.6 is 0 Å². The van der Waals surface area contributed by atoms with E-state index >= 15 is 0 Å². The van der Waals surface area contributed by atoms with Crippen LogP contribution in [0.1, 0.15) is 39.3 Å². The molecule has 3 amide bonds. The van der Waals surface area contributed by atoms with Crippen molar-refractivity contribution in [2.75, 3.05) is 31.7 Å². The number of amides is 3. The summed E-state index contributed by atoms with van der Waals surface area (Å²) in [5, 5.41) is 2.86. The Balaban J connectivity index is 1.49. The molecule has 0 bridgehead atoms. The van der Waals surface area contributed by atoms with Gasteiger partial charge in [0.25, 0.3) is 5.91 Å². The van der Waals surface area contributed by atoms with Crippen LogP contribution in [0.4, 0.5) is 10.1 Å². The Labute approximate surface area is 185 Å². The molecule has 1 fully saturated rings. The Hall–Kier alpha value is -3.20. The third-order valence-electron chi connectivity index (χ3n) is 6.23. The third kappa shape index (κ3) is 4.00. The number of methoxy groups -OCH3 is 1. The van der Waals surface area contributed by atoms with Crippen molar-refractivity contribution in [3.8, 4) is 0 Å². The van der Waals surface area contributed by atoms with Crippen molar-refractivity contribution in [3.63, 3.8) is 0 Å². The Morgan fingerprint density at radius 3 is 2.84 bits per heavy atom. The zero-order valence-electron chi connectivity index (χ0n) is 18.5. The van der Waals surface area contributed by atoms with Gasteiger partial charge in [0.15, 0.2) is 0 Å². The number of anilines is 1. The number of aromatic amines is 1. The van der Waals surface area contributed by atoms with Crippen LogP contribution in [0.25, 0.3) is 0 Å². The van der Waals surface area contributed by atoms with E-state index in [1.165, 1.54) is 12.1 Å². The Morgan fingerprint density at radius 2 is 2.09 bits per heavy atom. The maximum atomic E-state index is 13.5. The molecule has 1 aromatic heterocycles. The number of fused-ring (bicyclic) bond motifs is 1. The van der Waals surface area contributed by atoms with Crippen molar-refractivity contribution in [1.29, 1.82) is 0 Å². The van der Waals surface area contributed by atoms with E-state index < -0.39 is 6.04 Å². The Morgan fingerprint density at radius 1 is 1.31 bits per heavy atom. The summed E-state index contributed by atoms with van der Waals surface area (Å²) in [6.07, 6.45) is 0.710. The fourth-order valence-corrected chi connectivity index (χ4v) is 4.52. The molecule has 4 rings (SSSR count). The zero-order valence-corrected chi connectivity index (χ0v) is 18.5. The van der Waals surface area contributed by atoms with Gasteiger partial charge in [-0.15, -0.1) is 0 Å². The molecule has 0 saturated carbocycles. The number of aromatic nitrogens is 1. The number of aryl methyl sites for hydroxylation is 1. The van der Waals surface area contributed by atoms with Crippen LogP contribution in [0.3, 0.4) is 0 Å². The first-order valence-electron chi connectivity index (χ1n) is 10.7. The molecule has 2 aliphatic heterocycles. The first-order chi connectivity index (χ1) is 15.3. The van der Waals surface area contributed by atoms with E-state index in [2.05, 4.69) is 10.3 Å². The van der Waals surface area contributed by atoms with E-state index in [0.29, 0.717) is 48.6 Å². The second-order valence-corrected chi connectivity index (χ2v) is 8.29. The van der Waals surface area contributed by atoms with Crippen LogP contribution in [-0.2, 0) is 27.3 Å². The number of rotatable bonds is 7. The molecule has 1 saturated heterocycles. The highest BCUT2D eigenvalue weighted by atomic mass is 19.1. The van der Waals surface area contributed by atoms with E-state index in [1.54, 1.807) is 29.9 Å². The topological polar surface area (TPSA) is 94.7 Å². The fraction of sp³-hybridized carbons (Fsp3) is 0.435. The van der Waals surface area contributed by atoms with Gasteiger partial charge >= 0.3 is 0 Å². The average molecular weight is 442 g/mol. The van der Waals surface area contributed by atoms with Gasteiger partial charge in [-0.25, -0.2) is 4.39 Å². The van der Waals surface area contributed by atoms with Crippen LogP contribution in [0.15, 0.2) is 18.2 Å². The highest BCUT2D eigenvalue weighted by Gasteiger charge is 2.34. The number of nitrogens with zero attached hydrogens (tertiary/aromatic N) is 2. The van der Waals surface area contributed by atoms with Gasteiger partial charge in [0.1, 0.15) is 11.9 Å². The molecule has 0 unspecified atom stereocenters. The molecule has 1 aromatic carbocycles. The van der Waals surface area contributed by atoms with Crippen molar-refractivity contribution in [3.05, 3.63) is 52.1 Å².